The molecule has 0 saturated carbocycles. The number of nitrogens with two attached hydrogens (primary N) is 1. The summed E-state index contributed by atoms with van der Waals surface area (Å²) in [5.41, 5.74) is 10.8. The minimum Gasteiger partial charge on any atom is -0.496 e. The molecule has 0 saturated heterocycles. The van der Waals surface area contributed by atoms with Gasteiger partial charge in [-0.15, -0.1) is 0 Å². The standard InChI is InChI=1S/C15H25BrN2O/c1-8-9(2)13(19-7)11(10(3)12(8)16)14(17)15(4,5)18-6/h14,18H,17H2,1-7H3. The van der Waals surface area contributed by atoms with Gasteiger partial charge in [0.25, 0.3) is 0 Å². The molecule has 1 atom stereocenters. The third kappa shape index (κ3) is 2.81. The lowest BCUT2D eigenvalue weighted by molar-refractivity contribution is 0.331. The van der Waals surface area contributed by atoms with Gasteiger partial charge in [-0.1, -0.05) is 15.9 Å². The predicted octanol–water partition coefficient (Wildman–Crippen LogP) is 3.38. The summed E-state index contributed by atoms with van der Waals surface area (Å²) in [5.74, 6) is 0.897. The lowest BCUT2D eigenvalue weighted by atomic mass is 9.84. The number of methoxy groups -OCH3 is 1. The normalized spacial score (nSPS) is 13.5. The maximum absolute atomic E-state index is 6.49. The summed E-state index contributed by atoms with van der Waals surface area (Å²) in [7, 11) is 3.63. The fourth-order valence-electron chi connectivity index (χ4n) is 2.26. The molecular weight excluding hydrogens is 304 g/mol. The van der Waals surface area contributed by atoms with Crippen molar-refractivity contribution in [1.82, 2.24) is 5.32 Å². The Morgan fingerprint density at radius 2 is 1.68 bits per heavy atom. The molecule has 0 heterocycles. The Labute approximate surface area is 125 Å². The van der Waals surface area contributed by atoms with E-state index in [2.05, 4.69) is 55.9 Å². The van der Waals surface area contributed by atoms with Gasteiger partial charge in [-0.2, -0.15) is 0 Å². The predicted molar refractivity (Wildman–Crippen MR) is 85.0 cm³/mol. The lowest BCUT2D eigenvalue weighted by Gasteiger charge is -2.34. The summed E-state index contributed by atoms with van der Waals surface area (Å²) < 4.78 is 6.74. The third-order valence-corrected chi connectivity index (χ3v) is 5.34. The number of rotatable bonds is 4. The molecule has 108 valence electrons. The topological polar surface area (TPSA) is 47.3 Å². The van der Waals surface area contributed by atoms with Gasteiger partial charge in [0, 0.05) is 15.6 Å². The van der Waals surface area contributed by atoms with Gasteiger partial charge in [0.2, 0.25) is 0 Å². The monoisotopic (exact) mass is 328 g/mol. The van der Waals surface area contributed by atoms with Crippen LogP contribution < -0.4 is 15.8 Å². The molecule has 0 aliphatic carbocycles. The van der Waals surface area contributed by atoms with Gasteiger partial charge < -0.3 is 15.8 Å². The highest BCUT2D eigenvalue weighted by Gasteiger charge is 2.31. The van der Waals surface area contributed by atoms with Gasteiger partial charge in [0.05, 0.1) is 13.2 Å². The van der Waals surface area contributed by atoms with Gasteiger partial charge >= 0.3 is 0 Å². The van der Waals surface area contributed by atoms with Crippen molar-refractivity contribution in [1.29, 1.82) is 0 Å². The highest BCUT2D eigenvalue weighted by atomic mass is 79.9. The third-order valence-electron chi connectivity index (χ3n) is 4.15. The summed E-state index contributed by atoms with van der Waals surface area (Å²) in [5, 5.41) is 3.28. The molecule has 1 unspecified atom stereocenters. The van der Waals surface area contributed by atoms with E-state index >= 15 is 0 Å². The Hall–Kier alpha value is -0.580. The van der Waals surface area contributed by atoms with Crippen LogP contribution in [0.1, 0.15) is 42.1 Å². The van der Waals surface area contributed by atoms with Gasteiger partial charge in [0.15, 0.2) is 0 Å². The van der Waals surface area contributed by atoms with Crippen LogP contribution in [-0.2, 0) is 0 Å². The molecule has 1 rings (SSSR count). The van der Waals surface area contributed by atoms with Crippen molar-refractivity contribution in [3.8, 4) is 5.75 Å². The van der Waals surface area contributed by atoms with E-state index in [1.165, 1.54) is 5.56 Å². The first-order valence-electron chi connectivity index (χ1n) is 6.46. The fraction of sp³-hybridized carbons (Fsp3) is 0.600. The number of hydrogen-bond acceptors (Lipinski definition) is 3. The van der Waals surface area contributed by atoms with Gasteiger partial charge in [0.1, 0.15) is 5.75 Å². The largest absolute Gasteiger partial charge is 0.496 e. The zero-order valence-electron chi connectivity index (χ0n) is 12.9. The molecule has 4 heteroatoms. The number of ether oxygens (including phenoxy) is 1. The molecule has 0 aliphatic heterocycles. The molecule has 19 heavy (non-hydrogen) atoms. The SMILES string of the molecule is CNC(C)(C)C(N)c1c(C)c(Br)c(C)c(C)c1OC. The summed E-state index contributed by atoms with van der Waals surface area (Å²) in [4.78, 5) is 0. The Balaban J connectivity index is 3.59. The van der Waals surface area contributed by atoms with E-state index in [-0.39, 0.29) is 11.6 Å². The maximum Gasteiger partial charge on any atom is 0.127 e. The Morgan fingerprint density at radius 1 is 1.16 bits per heavy atom. The van der Waals surface area contributed by atoms with Crippen molar-refractivity contribution in [2.45, 2.75) is 46.2 Å². The molecule has 0 aromatic heterocycles. The van der Waals surface area contributed by atoms with Crippen molar-refractivity contribution in [3.05, 3.63) is 26.7 Å². The lowest BCUT2D eigenvalue weighted by Crippen LogP contribution is -2.46. The number of benzene rings is 1. The Bertz CT molecular complexity index is 484. The van der Waals surface area contributed by atoms with Crippen LogP contribution in [0.15, 0.2) is 4.47 Å². The van der Waals surface area contributed by atoms with Crippen molar-refractivity contribution in [3.63, 3.8) is 0 Å². The van der Waals surface area contributed by atoms with Crippen LogP contribution in [0.4, 0.5) is 0 Å². The molecule has 0 fully saturated rings. The Morgan fingerprint density at radius 3 is 2.11 bits per heavy atom. The minimum absolute atomic E-state index is 0.150. The molecule has 1 aromatic carbocycles. The number of nitrogens with one attached hydrogen (secondary N) is 1. The van der Waals surface area contributed by atoms with E-state index in [1.807, 2.05) is 7.05 Å². The highest BCUT2D eigenvalue weighted by molar-refractivity contribution is 9.10. The van der Waals surface area contributed by atoms with Crippen LogP contribution in [0.3, 0.4) is 0 Å². The first kappa shape index (κ1) is 16.5. The molecule has 0 radical (unpaired) electrons. The summed E-state index contributed by atoms with van der Waals surface area (Å²) in [6.07, 6.45) is 0. The van der Waals surface area contributed by atoms with Crippen LogP contribution in [0.5, 0.6) is 5.75 Å². The first-order valence-corrected chi connectivity index (χ1v) is 7.26. The molecule has 0 aliphatic rings. The second-order valence-electron chi connectivity index (χ2n) is 5.59. The molecule has 0 spiro atoms. The zero-order chi connectivity index (χ0) is 15.0. The van der Waals surface area contributed by atoms with Gasteiger partial charge in [-0.3, -0.25) is 0 Å². The quantitative estimate of drug-likeness (QED) is 0.890. The summed E-state index contributed by atoms with van der Waals surface area (Å²) >= 11 is 3.67. The second kappa shape index (κ2) is 5.81. The van der Waals surface area contributed by atoms with E-state index < -0.39 is 0 Å². The maximum atomic E-state index is 6.49. The van der Waals surface area contributed by atoms with Crippen LogP contribution >= 0.6 is 15.9 Å². The van der Waals surface area contributed by atoms with Crippen molar-refractivity contribution in [2.24, 2.45) is 5.73 Å². The smallest absolute Gasteiger partial charge is 0.127 e. The first-order chi connectivity index (χ1) is 8.68. The van der Waals surface area contributed by atoms with Crippen molar-refractivity contribution in [2.75, 3.05) is 14.2 Å². The van der Waals surface area contributed by atoms with Crippen molar-refractivity contribution >= 4 is 15.9 Å². The number of hydrogen-bond donors (Lipinski definition) is 2. The molecular formula is C15H25BrN2O. The summed E-state index contributed by atoms with van der Waals surface area (Å²) in [6.45, 7) is 10.4. The minimum atomic E-state index is -0.209. The van der Waals surface area contributed by atoms with E-state index in [9.17, 15) is 0 Å². The van der Waals surface area contributed by atoms with Crippen LogP contribution in [0, 0.1) is 20.8 Å². The van der Waals surface area contributed by atoms with E-state index in [0.29, 0.717) is 0 Å². The molecule has 1 aromatic rings. The number of likely N-dealkylation sites (N-methyl/N-ethyl adjacent to an activating group) is 1. The van der Waals surface area contributed by atoms with E-state index in [1.54, 1.807) is 7.11 Å². The van der Waals surface area contributed by atoms with Crippen LogP contribution in [0.25, 0.3) is 0 Å². The van der Waals surface area contributed by atoms with Crippen molar-refractivity contribution < 1.29 is 4.74 Å². The zero-order valence-corrected chi connectivity index (χ0v) is 14.5. The fourth-order valence-corrected chi connectivity index (χ4v) is 2.77. The molecule has 3 N–H and O–H groups in total. The van der Waals surface area contributed by atoms with Crippen LogP contribution in [-0.4, -0.2) is 19.7 Å². The average Bonchev–Trinajstić information content (AvgIpc) is 2.39. The molecule has 3 nitrogen and oxygen atoms in total. The summed E-state index contributed by atoms with van der Waals surface area (Å²) in [6, 6.07) is -0.150. The number of halogens is 1. The van der Waals surface area contributed by atoms with Gasteiger partial charge in [-0.25, -0.2) is 0 Å². The molecule has 0 bridgehead atoms. The average molecular weight is 329 g/mol. The Kier molecular flexibility index (Phi) is 5.04. The van der Waals surface area contributed by atoms with E-state index in [4.69, 9.17) is 10.5 Å². The van der Waals surface area contributed by atoms with Gasteiger partial charge in [-0.05, 0) is 58.4 Å². The second-order valence-corrected chi connectivity index (χ2v) is 6.38. The van der Waals surface area contributed by atoms with Crippen LogP contribution in [0.2, 0.25) is 0 Å². The molecule has 0 amide bonds. The highest BCUT2D eigenvalue weighted by Crippen LogP contribution is 2.41. The van der Waals surface area contributed by atoms with E-state index in [0.717, 1.165) is 26.9 Å².